The van der Waals surface area contributed by atoms with E-state index >= 15 is 0 Å². The van der Waals surface area contributed by atoms with Crippen LogP contribution in [0.25, 0.3) is 10.9 Å². The van der Waals surface area contributed by atoms with Crippen LogP contribution < -0.4 is 9.50 Å². The zero-order chi connectivity index (χ0) is 19.9. The van der Waals surface area contributed by atoms with Crippen LogP contribution in [0.4, 0.5) is 0 Å². The van der Waals surface area contributed by atoms with Gasteiger partial charge in [-0.25, -0.2) is 4.79 Å². The molecule has 144 valence electrons. The van der Waals surface area contributed by atoms with Crippen molar-refractivity contribution in [1.82, 2.24) is 10.3 Å². The van der Waals surface area contributed by atoms with Crippen LogP contribution in [0.5, 0.6) is 5.75 Å². The van der Waals surface area contributed by atoms with Gasteiger partial charge in [-0.05, 0) is 43.8 Å². The molecule has 0 aliphatic heterocycles. The molecule has 0 bridgehead atoms. The Morgan fingerprint density at radius 1 is 1.15 bits per heavy atom. The Hall–Kier alpha value is -2.88. The quantitative estimate of drug-likeness (QED) is 0.474. The van der Waals surface area contributed by atoms with Crippen molar-refractivity contribution < 1.29 is 27.1 Å². The lowest BCUT2D eigenvalue weighted by molar-refractivity contribution is 0.0695. The summed E-state index contributed by atoms with van der Waals surface area (Å²) in [6, 6.07) is 13.5. The van der Waals surface area contributed by atoms with Crippen LogP contribution in [-0.4, -0.2) is 42.6 Å². The van der Waals surface area contributed by atoms with E-state index in [-0.39, 0.29) is 5.56 Å². The summed E-state index contributed by atoms with van der Waals surface area (Å²) in [5, 5.41) is 13.1. The van der Waals surface area contributed by atoms with E-state index in [0.717, 1.165) is 25.1 Å². The van der Waals surface area contributed by atoms with Gasteiger partial charge in [0.2, 0.25) is 0 Å². The highest BCUT2D eigenvalue weighted by Gasteiger charge is 2.15. The number of aromatic carboxylic acids is 1. The van der Waals surface area contributed by atoms with Gasteiger partial charge in [0, 0.05) is 17.1 Å². The molecule has 0 amide bonds. The van der Waals surface area contributed by atoms with Crippen molar-refractivity contribution in [3.05, 3.63) is 65.9 Å². The number of rotatable bonds is 6. The third-order valence-corrected chi connectivity index (χ3v) is 4.02. The van der Waals surface area contributed by atoms with Gasteiger partial charge in [-0.15, -0.1) is 0 Å². The summed E-state index contributed by atoms with van der Waals surface area (Å²) < 4.78 is 33.0. The average molecular weight is 392 g/mol. The Balaban J connectivity index is 0.000000194. The number of carboxylic acids is 1. The molecule has 0 atom stereocenters. The number of H-pyrrole nitrogens is 1. The van der Waals surface area contributed by atoms with Gasteiger partial charge in [-0.2, -0.15) is 8.42 Å². The average Bonchev–Trinajstić information content (AvgIpc) is 3.02. The van der Waals surface area contributed by atoms with Gasteiger partial charge in [0.25, 0.3) is 0 Å². The lowest BCUT2D eigenvalue weighted by atomic mass is 10.1. The van der Waals surface area contributed by atoms with Gasteiger partial charge < -0.3 is 19.6 Å². The standard InChI is InChI=1S/C11H14N2.C7H6O6S/c1-12-7-6-9-8-13-11-5-3-2-4-10(9)11;8-7(9)5-3-1-2-4-6(5)13-14(10,11)12/h2-5,8,12-13H,6-7H2,1H3;1-4H,(H,8,9)(H,10,11,12). The molecule has 0 spiro atoms. The van der Waals surface area contributed by atoms with Crippen molar-refractivity contribution in [3.8, 4) is 5.75 Å². The molecule has 0 unspecified atom stereocenters. The number of para-hydroxylation sites is 2. The molecule has 8 nitrogen and oxygen atoms in total. The maximum Gasteiger partial charge on any atom is 0.446 e. The number of aromatic nitrogens is 1. The van der Waals surface area contributed by atoms with E-state index in [1.54, 1.807) is 0 Å². The Kier molecular flexibility index (Phi) is 6.94. The number of aromatic amines is 1. The number of carboxylic acid groups (broad SMARTS) is 1. The summed E-state index contributed by atoms with van der Waals surface area (Å²) in [5.74, 6) is -1.77. The Labute approximate surface area is 156 Å². The van der Waals surface area contributed by atoms with Crippen molar-refractivity contribution in [2.75, 3.05) is 13.6 Å². The molecule has 0 saturated heterocycles. The van der Waals surface area contributed by atoms with E-state index in [1.165, 1.54) is 28.6 Å². The molecule has 0 radical (unpaired) electrons. The second-order valence-corrected chi connectivity index (χ2v) is 6.55. The molecule has 1 aromatic heterocycles. The number of hydrogen-bond donors (Lipinski definition) is 4. The van der Waals surface area contributed by atoms with Gasteiger partial charge in [0.1, 0.15) is 5.56 Å². The van der Waals surface area contributed by atoms with E-state index in [1.807, 2.05) is 7.05 Å². The van der Waals surface area contributed by atoms with E-state index in [2.05, 4.69) is 44.9 Å². The Bertz CT molecular complexity index is 1010. The molecular formula is C18H20N2O6S. The van der Waals surface area contributed by atoms with E-state index in [4.69, 9.17) is 9.66 Å². The summed E-state index contributed by atoms with van der Waals surface area (Å²) in [4.78, 5) is 13.8. The molecular weight excluding hydrogens is 372 g/mol. The van der Waals surface area contributed by atoms with E-state index in [0.29, 0.717) is 0 Å². The molecule has 0 saturated carbocycles. The number of nitrogens with one attached hydrogen (secondary N) is 2. The first-order valence-corrected chi connectivity index (χ1v) is 9.37. The van der Waals surface area contributed by atoms with Crippen molar-refractivity contribution >= 4 is 27.3 Å². The number of carbonyl (C=O) groups is 1. The first kappa shape index (κ1) is 20.4. The molecule has 1 heterocycles. The third-order valence-electron chi connectivity index (χ3n) is 3.63. The summed E-state index contributed by atoms with van der Waals surface area (Å²) >= 11 is 0. The molecule has 27 heavy (non-hydrogen) atoms. The van der Waals surface area contributed by atoms with Crippen molar-refractivity contribution in [1.29, 1.82) is 0 Å². The number of fused-ring (bicyclic) bond motifs is 1. The normalized spacial score (nSPS) is 10.9. The predicted octanol–water partition coefficient (Wildman–Crippen LogP) is 2.50. The molecule has 2 aromatic carbocycles. The third kappa shape index (κ3) is 6.10. The minimum atomic E-state index is -4.70. The van der Waals surface area contributed by atoms with Crippen molar-refractivity contribution in [2.24, 2.45) is 0 Å². The summed E-state index contributed by atoms with van der Waals surface area (Å²) in [7, 11) is -2.72. The van der Waals surface area contributed by atoms with Crippen LogP contribution in [0, 0.1) is 0 Å². The number of likely N-dealkylation sites (N-methyl/N-ethyl adjacent to an activating group) is 1. The van der Waals surface area contributed by atoms with Crippen LogP contribution in [0.2, 0.25) is 0 Å². The van der Waals surface area contributed by atoms with E-state index < -0.39 is 22.1 Å². The zero-order valence-electron chi connectivity index (χ0n) is 14.5. The first-order chi connectivity index (χ1) is 12.8. The fourth-order valence-corrected chi connectivity index (χ4v) is 2.80. The Morgan fingerprint density at radius 3 is 2.48 bits per heavy atom. The fraction of sp³-hybridized carbons (Fsp3) is 0.167. The molecule has 3 rings (SSSR count). The van der Waals surface area contributed by atoms with Crippen LogP contribution in [0.15, 0.2) is 54.7 Å². The van der Waals surface area contributed by atoms with Crippen molar-refractivity contribution in [3.63, 3.8) is 0 Å². The topological polar surface area (TPSA) is 129 Å². The van der Waals surface area contributed by atoms with E-state index in [9.17, 15) is 13.2 Å². The minimum absolute atomic E-state index is 0.342. The fourth-order valence-electron chi connectivity index (χ4n) is 2.43. The smallest absolute Gasteiger partial charge is 0.446 e. The highest BCUT2D eigenvalue weighted by molar-refractivity contribution is 7.81. The first-order valence-electron chi connectivity index (χ1n) is 8.00. The molecule has 0 aliphatic carbocycles. The maximum absolute atomic E-state index is 10.6. The summed E-state index contributed by atoms with van der Waals surface area (Å²) in [6.07, 6.45) is 3.18. The zero-order valence-corrected chi connectivity index (χ0v) is 15.4. The van der Waals surface area contributed by atoms with Gasteiger partial charge in [0.05, 0.1) is 0 Å². The molecule has 0 fully saturated rings. The molecule has 0 aliphatic rings. The van der Waals surface area contributed by atoms with Gasteiger partial charge in [-0.1, -0.05) is 30.3 Å². The molecule has 3 aromatic rings. The van der Waals surface area contributed by atoms with Crippen LogP contribution >= 0.6 is 0 Å². The van der Waals surface area contributed by atoms with Crippen LogP contribution in [0.1, 0.15) is 15.9 Å². The van der Waals surface area contributed by atoms with Gasteiger partial charge in [-0.3, -0.25) is 4.55 Å². The molecule has 9 heteroatoms. The van der Waals surface area contributed by atoms with Gasteiger partial charge >= 0.3 is 16.4 Å². The number of hydrogen-bond acceptors (Lipinski definition) is 5. The lowest BCUT2D eigenvalue weighted by Crippen LogP contribution is -2.10. The predicted molar refractivity (Wildman–Crippen MR) is 102 cm³/mol. The largest absolute Gasteiger partial charge is 0.478 e. The van der Waals surface area contributed by atoms with Crippen molar-refractivity contribution in [2.45, 2.75) is 6.42 Å². The Morgan fingerprint density at radius 2 is 1.81 bits per heavy atom. The second-order valence-electron chi connectivity index (χ2n) is 5.53. The molecule has 4 N–H and O–H groups in total. The van der Waals surface area contributed by atoms with Crippen LogP contribution in [0.3, 0.4) is 0 Å². The number of benzene rings is 2. The van der Waals surface area contributed by atoms with Gasteiger partial charge in [0.15, 0.2) is 5.75 Å². The monoisotopic (exact) mass is 392 g/mol. The summed E-state index contributed by atoms with van der Waals surface area (Å²) in [5.41, 5.74) is 2.28. The van der Waals surface area contributed by atoms with Crippen LogP contribution in [-0.2, 0) is 16.8 Å². The summed E-state index contributed by atoms with van der Waals surface area (Å²) in [6.45, 7) is 1.03. The highest BCUT2D eigenvalue weighted by atomic mass is 32.3. The highest BCUT2D eigenvalue weighted by Crippen LogP contribution is 2.19. The SMILES string of the molecule is CNCCc1c[nH]c2ccccc12.O=C(O)c1ccccc1OS(=O)(=O)O. The maximum atomic E-state index is 10.6. The second kappa shape index (κ2) is 9.17. The lowest BCUT2D eigenvalue weighted by Gasteiger charge is -2.03. The minimum Gasteiger partial charge on any atom is -0.478 e.